The predicted octanol–water partition coefficient (Wildman–Crippen LogP) is 4.13. The van der Waals surface area contributed by atoms with Gasteiger partial charge in [-0.05, 0) is 38.1 Å². The number of nitrogens with zero attached hydrogens (tertiary/aromatic N) is 4. The fraction of sp³-hybridized carbons (Fsp3) is 0.182. The van der Waals surface area contributed by atoms with Gasteiger partial charge in [-0.3, -0.25) is 10.2 Å². The summed E-state index contributed by atoms with van der Waals surface area (Å²) in [6.07, 6.45) is -9.15. The number of nitrogen functional groups attached to an aromatic ring is 1. The molecule has 0 spiro atoms. The molecule has 0 fully saturated rings. The van der Waals surface area contributed by atoms with E-state index in [4.69, 9.17) is 20.6 Å². The quantitative estimate of drug-likeness (QED) is 0.195. The van der Waals surface area contributed by atoms with E-state index in [-0.39, 0.29) is 41.4 Å². The average molecular weight is 562 g/mol. The minimum absolute atomic E-state index is 0. The minimum Gasteiger partial charge on any atom is -1.00 e. The van der Waals surface area contributed by atoms with Gasteiger partial charge in [-0.2, -0.15) is 26.3 Å². The van der Waals surface area contributed by atoms with Crippen molar-refractivity contribution in [2.45, 2.75) is 26.2 Å². The molecule has 0 radical (unpaired) electrons. The number of anilines is 1. The number of aromatic nitrogens is 4. The predicted molar refractivity (Wildman–Crippen MR) is 119 cm³/mol. The van der Waals surface area contributed by atoms with Crippen LogP contribution in [0.2, 0.25) is 0 Å². The third-order valence-corrected chi connectivity index (χ3v) is 4.52. The molecule has 0 unspecified atom stereocenters. The molecule has 4 rings (SSSR count). The second-order valence-corrected chi connectivity index (χ2v) is 7.51. The molecule has 0 amide bonds. The first-order valence-electron chi connectivity index (χ1n) is 10.2. The first-order chi connectivity index (χ1) is 17.3. The smallest absolute Gasteiger partial charge is 0.424 e. The van der Waals surface area contributed by atoms with Crippen molar-refractivity contribution >= 4 is 11.4 Å². The van der Waals surface area contributed by atoms with Gasteiger partial charge in [0.05, 0.1) is 5.56 Å². The van der Waals surface area contributed by atoms with Crippen molar-refractivity contribution < 1.29 is 48.2 Å². The second kappa shape index (κ2) is 11.7. The number of ether oxygens (including phenoxy) is 2. The minimum atomic E-state index is -4.64. The van der Waals surface area contributed by atoms with Crippen LogP contribution in [0.1, 0.15) is 22.5 Å². The highest BCUT2D eigenvalue weighted by molar-refractivity contribution is 5.56. The van der Waals surface area contributed by atoms with Gasteiger partial charge in [0.2, 0.25) is 17.2 Å². The lowest BCUT2D eigenvalue weighted by Crippen LogP contribution is -3.00. The van der Waals surface area contributed by atoms with Crippen molar-refractivity contribution in [3.8, 4) is 23.3 Å². The number of diazo groups is 1. The van der Waals surface area contributed by atoms with Crippen molar-refractivity contribution in [1.82, 2.24) is 20.4 Å². The van der Waals surface area contributed by atoms with Crippen molar-refractivity contribution in [3.05, 3.63) is 76.0 Å². The van der Waals surface area contributed by atoms with Crippen molar-refractivity contribution in [2.24, 2.45) is 0 Å². The van der Waals surface area contributed by atoms with Crippen LogP contribution >= 0.6 is 0 Å². The Morgan fingerprint density at radius 3 is 1.61 bits per heavy atom. The first-order valence-corrected chi connectivity index (χ1v) is 10.2. The van der Waals surface area contributed by atoms with Crippen LogP contribution in [-0.4, -0.2) is 20.4 Å². The number of rotatable bonds is 4. The Morgan fingerprint density at radius 1 is 0.763 bits per heavy atom. The van der Waals surface area contributed by atoms with E-state index in [1.165, 1.54) is 18.2 Å². The van der Waals surface area contributed by atoms with Gasteiger partial charge in [0.25, 0.3) is 0 Å². The van der Waals surface area contributed by atoms with E-state index >= 15 is 0 Å². The van der Waals surface area contributed by atoms with Crippen LogP contribution in [0.3, 0.4) is 0 Å². The van der Waals surface area contributed by atoms with E-state index < -0.39 is 29.2 Å². The molecule has 0 bridgehead atoms. The van der Waals surface area contributed by atoms with Crippen LogP contribution < -0.4 is 27.6 Å². The summed E-state index contributed by atoms with van der Waals surface area (Å²) in [6.45, 7) is 3.48. The number of aromatic amines is 2. The summed E-state index contributed by atoms with van der Waals surface area (Å²) in [4.78, 5) is 2.59. The van der Waals surface area contributed by atoms with Gasteiger partial charge in [0, 0.05) is 41.3 Å². The molecule has 0 atom stereocenters. The van der Waals surface area contributed by atoms with E-state index in [2.05, 4.69) is 25.4 Å². The zero-order valence-corrected chi connectivity index (χ0v) is 20.2. The summed E-state index contributed by atoms with van der Waals surface area (Å²) in [7, 11) is 0. The Morgan fingerprint density at radius 2 is 1.21 bits per heavy atom. The number of H-pyrrole nitrogens is 2. The SMILES string of the molecule is Cc1cc(Oc2ccc(N)c(C(F)(F)F)c2)n[nH]1.Cc1cc(Oc2ccc([N+]#N)c(C(F)(F)F)c2)n[nH]1.[Cl-]. The fourth-order valence-electron chi connectivity index (χ4n) is 2.87. The maximum atomic E-state index is 12.7. The van der Waals surface area contributed by atoms with Crippen LogP contribution in [0.4, 0.5) is 37.7 Å². The number of nitrogens with one attached hydrogen (secondary N) is 2. The summed E-state index contributed by atoms with van der Waals surface area (Å²) in [5, 5.41) is 21.3. The molecule has 202 valence electrons. The van der Waals surface area contributed by atoms with Gasteiger partial charge in [-0.25, -0.2) is 0 Å². The molecule has 0 aliphatic rings. The molecule has 38 heavy (non-hydrogen) atoms. The highest BCUT2D eigenvalue weighted by atomic mass is 35.5. The molecule has 0 aliphatic carbocycles. The molecule has 4 N–H and O–H groups in total. The molecule has 4 aromatic rings. The van der Waals surface area contributed by atoms with Crippen LogP contribution in [0.15, 0.2) is 48.5 Å². The monoisotopic (exact) mass is 561 g/mol. The molecule has 2 aromatic carbocycles. The number of hydrogen-bond donors (Lipinski definition) is 3. The Hall–Kier alpha value is -4.45. The van der Waals surface area contributed by atoms with Gasteiger partial charge in [-0.1, -0.05) is 0 Å². The average Bonchev–Trinajstić information content (AvgIpc) is 3.41. The Labute approximate surface area is 217 Å². The third kappa shape index (κ3) is 7.77. The summed E-state index contributed by atoms with van der Waals surface area (Å²) in [5.41, 5.74) is 3.82. The number of benzene rings is 2. The number of aryl methyl sites for hydroxylation is 2. The lowest BCUT2D eigenvalue weighted by atomic mass is 10.1. The summed E-state index contributed by atoms with van der Waals surface area (Å²) in [5.74, 6) is 0.332. The number of alkyl halides is 6. The maximum Gasteiger partial charge on any atom is 0.424 e. The van der Waals surface area contributed by atoms with Crippen molar-refractivity contribution in [2.75, 3.05) is 5.73 Å². The second-order valence-electron chi connectivity index (χ2n) is 7.51. The Bertz CT molecular complexity index is 1430. The van der Waals surface area contributed by atoms with Crippen molar-refractivity contribution in [1.29, 1.82) is 5.39 Å². The molecule has 9 nitrogen and oxygen atoms in total. The van der Waals surface area contributed by atoms with Gasteiger partial charge in [-0.15, -0.1) is 10.2 Å². The molecule has 0 saturated carbocycles. The fourth-order valence-corrected chi connectivity index (χ4v) is 2.87. The highest BCUT2D eigenvalue weighted by Crippen LogP contribution is 2.39. The van der Waals surface area contributed by atoms with Gasteiger partial charge in [0.15, 0.2) is 10.5 Å². The maximum absolute atomic E-state index is 12.7. The summed E-state index contributed by atoms with van der Waals surface area (Å²) >= 11 is 0. The van der Waals surface area contributed by atoms with E-state index in [0.717, 1.165) is 30.0 Å². The molecule has 16 heteroatoms. The highest BCUT2D eigenvalue weighted by Gasteiger charge is 2.39. The third-order valence-electron chi connectivity index (χ3n) is 4.52. The van der Waals surface area contributed by atoms with Crippen molar-refractivity contribution in [3.63, 3.8) is 0 Å². The topological polar surface area (TPSA) is 130 Å². The van der Waals surface area contributed by atoms with E-state index in [1.807, 2.05) is 0 Å². The van der Waals surface area contributed by atoms with Crippen LogP contribution in [0, 0.1) is 19.2 Å². The van der Waals surface area contributed by atoms with E-state index in [0.29, 0.717) is 5.69 Å². The standard InChI is InChI=1S/C11H8F3N4O.C11H10F3N3O.ClH/c1-6-4-10(18-17-6)19-7-2-3-9(16-15)8(5-7)11(12,13)14;1-6-4-10(17-16-6)18-7-2-3-9(15)8(5-7)11(12,13)14;/h2-5H,1H3,(H,17,18);2-5H,15H2,1H3,(H,16,17);1H/q+1;;/p-1. The zero-order valence-electron chi connectivity index (χ0n) is 19.4. The number of hydrogen-bond acceptors (Lipinski definition) is 6. The molecule has 2 aromatic heterocycles. The molecule has 2 heterocycles. The number of nitrogens with two attached hydrogens (primary N) is 1. The molecule has 0 saturated heterocycles. The Balaban J connectivity index is 0.000000260. The number of halogens is 7. The van der Waals surface area contributed by atoms with E-state index in [9.17, 15) is 26.3 Å². The summed E-state index contributed by atoms with van der Waals surface area (Å²) < 4.78 is 86.3. The zero-order chi connectivity index (χ0) is 27.4. The summed E-state index contributed by atoms with van der Waals surface area (Å²) in [6, 6.07) is 9.48. The molecular formula is C22H18ClF6N7O2. The lowest BCUT2D eigenvalue weighted by molar-refractivity contribution is -0.137. The van der Waals surface area contributed by atoms with Crippen LogP contribution in [0.5, 0.6) is 23.3 Å². The molecule has 0 aliphatic heterocycles. The van der Waals surface area contributed by atoms with Gasteiger partial charge < -0.3 is 27.6 Å². The largest absolute Gasteiger partial charge is 1.00 e. The van der Waals surface area contributed by atoms with E-state index in [1.54, 1.807) is 19.9 Å². The lowest BCUT2D eigenvalue weighted by Gasteiger charge is -2.11. The Kier molecular flexibility index (Phi) is 9.19. The van der Waals surface area contributed by atoms with Crippen LogP contribution in [0.25, 0.3) is 4.98 Å². The van der Waals surface area contributed by atoms with Gasteiger partial charge >= 0.3 is 18.0 Å². The van der Waals surface area contributed by atoms with Gasteiger partial charge in [0.1, 0.15) is 11.5 Å². The first kappa shape index (κ1) is 29.8. The van der Waals surface area contributed by atoms with Crippen LogP contribution in [-0.2, 0) is 12.4 Å². The molecular weight excluding hydrogens is 544 g/mol. The normalized spacial score (nSPS) is 11.0.